The number of rotatable bonds is 6. The van der Waals surface area contributed by atoms with E-state index in [4.69, 9.17) is 18.7 Å². The summed E-state index contributed by atoms with van der Waals surface area (Å²) in [5.74, 6) is 1.93. The molecule has 0 spiro atoms. The number of ether oxygens (including phenoxy) is 3. The van der Waals surface area contributed by atoms with Gasteiger partial charge in [0.25, 0.3) is 5.89 Å². The van der Waals surface area contributed by atoms with Gasteiger partial charge in [-0.1, -0.05) is 18.1 Å². The van der Waals surface area contributed by atoms with Crippen LogP contribution in [0.5, 0.6) is 11.5 Å². The third-order valence-corrected chi connectivity index (χ3v) is 3.30. The van der Waals surface area contributed by atoms with Crippen LogP contribution in [0, 0.1) is 0 Å². The van der Waals surface area contributed by atoms with Gasteiger partial charge in [-0.15, -0.1) is 0 Å². The third kappa shape index (κ3) is 4.00. The molecule has 0 amide bonds. The van der Waals surface area contributed by atoms with Gasteiger partial charge in [-0.3, -0.25) is 4.79 Å². The van der Waals surface area contributed by atoms with Crippen LogP contribution in [-0.4, -0.2) is 29.3 Å². The zero-order chi connectivity index (χ0) is 16.1. The summed E-state index contributed by atoms with van der Waals surface area (Å²) in [5.41, 5.74) is 0.802. The molecular formula is C16H18N2O5. The minimum absolute atomic E-state index is 0.0138. The van der Waals surface area contributed by atoms with Crippen LogP contribution in [0.25, 0.3) is 0 Å². The van der Waals surface area contributed by atoms with Crippen LogP contribution >= 0.6 is 0 Å². The number of carbonyl (C=O) groups is 1. The van der Waals surface area contributed by atoms with Crippen molar-refractivity contribution in [3.05, 3.63) is 35.5 Å². The Morgan fingerprint density at radius 1 is 1.26 bits per heavy atom. The summed E-state index contributed by atoms with van der Waals surface area (Å²) in [5, 5.41) is 3.81. The van der Waals surface area contributed by atoms with E-state index < -0.39 is 0 Å². The summed E-state index contributed by atoms with van der Waals surface area (Å²) in [7, 11) is 0. The highest BCUT2D eigenvalue weighted by atomic mass is 16.6. The Balaban J connectivity index is 1.52. The smallest absolute Gasteiger partial charge is 0.310 e. The molecule has 0 fully saturated rings. The van der Waals surface area contributed by atoms with Gasteiger partial charge in [0, 0.05) is 6.42 Å². The molecule has 2 aromatic rings. The van der Waals surface area contributed by atoms with Gasteiger partial charge < -0.3 is 18.7 Å². The second kappa shape index (κ2) is 7.13. The van der Waals surface area contributed by atoms with E-state index in [1.165, 1.54) is 0 Å². The van der Waals surface area contributed by atoms with E-state index in [0.717, 1.165) is 18.4 Å². The summed E-state index contributed by atoms with van der Waals surface area (Å²) in [6.45, 7) is 3.07. The Morgan fingerprint density at radius 2 is 2.09 bits per heavy atom. The fourth-order valence-electron chi connectivity index (χ4n) is 2.23. The molecule has 1 aromatic heterocycles. The standard InChI is InChI=1S/C16H18N2O5/c1-2-3-14-17-15(23-18-14)10-22-16(19)9-11-4-5-12-13(8-11)21-7-6-20-12/h4-5,8H,2-3,6-7,9-10H2,1H3. The predicted molar refractivity (Wildman–Crippen MR) is 79.2 cm³/mol. The van der Waals surface area contributed by atoms with Crippen molar-refractivity contribution in [1.29, 1.82) is 0 Å². The number of aromatic nitrogens is 2. The van der Waals surface area contributed by atoms with Crippen molar-refractivity contribution in [3.8, 4) is 11.5 Å². The molecule has 0 radical (unpaired) electrons. The monoisotopic (exact) mass is 318 g/mol. The van der Waals surface area contributed by atoms with E-state index in [9.17, 15) is 4.79 Å². The molecule has 7 heteroatoms. The van der Waals surface area contributed by atoms with E-state index in [0.29, 0.717) is 36.4 Å². The topological polar surface area (TPSA) is 83.7 Å². The van der Waals surface area contributed by atoms with Crippen LogP contribution in [0.3, 0.4) is 0 Å². The average Bonchev–Trinajstić information content (AvgIpc) is 3.01. The number of esters is 1. The molecule has 1 aliphatic heterocycles. The molecule has 0 unspecified atom stereocenters. The molecular weight excluding hydrogens is 300 g/mol. The van der Waals surface area contributed by atoms with Crippen LogP contribution in [-0.2, 0) is 29.0 Å². The second-order valence-corrected chi connectivity index (χ2v) is 5.17. The number of aryl methyl sites for hydroxylation is 1. The lowest BCUT2D eigenvalue weighted by Gasteiger charge is -2.18. The molecule has 0 saturated carbocycles. The first-order valence-electron chi connectivity index (χ1n) is 7.60. The molecule has 122 valence electrons. The Labute approximate surface area is 133 Å². The maximum atomic E-state index is 11.9. The second-order valence-electron chi connectivity index (χ2n) is 5.17. The predicted octanol–water partition coefficient (Wildman–Crippen LogP) is 2.08. The number of fused-ring (bicyclic) bond motifs is 1. The van der Waals surface area contributed by atoms with Crippen molar-refractivity contribution >= 4 is 5.97 Å². The Hall–Kier alpha value is -2.57. The molecule has 3 rings (SSSR count). The van der Waals surface area contributed by atoms with Gasteiger partial charge in [-0.25, -0.2) is 0 Å². The maximum absolute atomic E-state index is 11.9. The normalized spacial score (nSPS) is 12.9. The van der Waals surface area contributed by atoms with Gasteiger partial charge in [0.2, 0.25) is 0 Å². The largest absolute Gasteiger partial charge is 0.486 e. The lowest BCUT2D eigenvalue weighted by molar-refractivity contribution is -0.144. The number of hydrogen-bond acceptors (Lipinski definition) is 7. The van der Waals surface area contributed by atoms with Crippen LogP contribution in [0.4, 0.5) is 0 Å². The lowest BCUT2D eigenvalue weighted by atomic mass is 10.1. The molecule has 7 nitrogen and oxygen atoms in total. The molecule has 23 heavy (non-hydrogen) atoms. The first kappa shape index (κ1) is 15.3. The Kier molecular flexibility index (Phi) is 4.75. The molecule has 0 bridgehead atoms. The van der Waals surface area contributed by atoms with Crippen molar-refractivity contribution in [3.63, 3.8) is 0 Å². The zero-order valence-corrected chi connectivity index (χ0v) is 12.9. The van der Waals surface area contributed by atoms with Crippen LogP contribution in [0.15, 0.2) is 22.7 Å². The number of nitrogens with zero attached hydrogens (tertiary/aromatic N) is 2. The third-order valence-electron chi connectivity index (χ3n) is 3.30. The van der Waals surface area contributed by atoms with Gasteiger partial charge in [-0.2, -0.15) is 4.98 Å². The number of hydrogen-bond donors (Lipinski definition) is 0. The van der Waals surface area contributed by atoms with E-state index in [1.54, 1.807) is 12.1 Å². The van der Waals surface area contributed by atoms with Gasteiger partial charge in [0.15, 0.2) is 23.9 Å². The first-order valence-corrected chi connectivity index (χ1v) is 7.60. The molecule has 1 aromatic carbocycles. The highest BCUT2D eigenvalue weighted by Gasteiger charge is 2.14. The highest BCUT2D eigenvalue weighted by molar-refractivity contribution is 5.72. The number of carbonyl (C=O) groups excluding carboxylic acids is 1. The highest BCUT2D eigenvalue weighted by Crippen LogP contribution is 2.30. The zero-order valence-electron chi connectivity index (χ0n) is 12.9. The molecule has 0 aliphatic carbocycles. The fourth-order valence-corrected chi connectivity index (χ4v) is 2.23. The van der Waals surface area contributed by atoms with E-state index in [-0.39, 0.29) is 19.0 Å². The molecule has 0 N–H and O–H groups in total. The van der Waals surface area contributed by atoms with Crippen LogP contribution in [0.1, 0.15) is 30.6 Å². The summed E-state index contributed by atoms with van der Waals surface area (Å²) < 4.78 is 21.1. The lowest BCUT2D eigenvalue weighted by Crippen LogP contribution is -2.16. The summed E-state index contributed by atoms with van der Waals surface area (Å²) in [6, 6.07) is 5.41. The maximum Gasteiger partial charge on any atom is 0.310 e. The molecule has 0 saturated heterocycles. The minimum atomic E-state index is -0.364. The minimum Gasteiger partial charge on any atom is -0.486 e. The number of benzene rings is 1. The Morgan fingerprint density at radius 3 is 2.91 bits per heavy atom. The quantitative estimate of drug-likeness (QED) is 0.754. The van der Waals surface area contributed by atoms with Crippen molar-refractivity contribution in [2.45, 2.75) is 32.8 Å². The van der Waals surface area contributed by atoms with Gasteiger partial charge in [0.05, 0.1) is 6.42 Å². The molecule has 0 atom stereocenters. The van der Waals surface area contributed by atoms with E-state index in [1.807, 2.05) is 13.0 Å². The van der Waals surface area contributed by atoms with E-state index >= 15 is 0 Å². The first-order chi connectivity index (χ1) is 11.2. The summed E-state index contributed by atoms with van der Waals surface area (Å²) in [6.07, 6.45) is 1.82. The average molecular weight is 318 g/mol. The summed E-state index contributed by atoms with van der Waals surface area (Å²) >= 11 is 0. The molecule has 1 aliphatic rings. The van der Waals surface area contributed by atoms with Crippen LogP contribution in [0.2, 0.25) is 0 Å². The van der Waals surface area contributed by atoms with Crippen molar-refractivity contribution in [1.82, 2.24) is 10.1 Å². The van der Waals surface area contributed by atoms with E-state index in [2.05, 4.69) is 10.1 Å². The van der Waals surface area contributed by atoms with Crippen molar-refractivity contribution in [2.24, 2.45) is 0 Å². The molecule has 2 heterocycles. The van der Waals surface area contributed by atoms with Crippen molar-refractivity contribution in [2.75, 3.05) is 13.2 Å². The van der Waals surface area contributed by atoms with Gasteiger partial charge in [0.1, 0.15) is 13.2 Å². The van der Waals surface area contributed by atoms with Gasteiger partial charge >= 0.3 is 5.97 Å². The SMILES string of the molecule is CCCc1noc(COC(=O)Cc2ccc3c(c2)OCCO3)n1. The van der Waals surface area contributed by atoms with Crippen molar-refractivity contribution < 1.29 is 23.5 Å². The fraction of sp³-hybridized carbons (Fsp3) is 0.438. The van der Waals surface area contributed by atoms with Gasteiger partial charge in [-0.05, 0) is 24.1 Å². The van der Waals surface area contributed by atoms with Crippen LogP contribution < -0.4 is 9.47 Å². The summed E-state index contributed by atoms with van der Waals surface area (Å²) in [4.78, 5) is 16.0. The Bertz CT molecular complexity index is 683.